The average molecular weight is 374 g/mol. The number of aromatic nitrogens is 2. The van der Waals surface area contributed by atoms with Gasteiger partial charge in [-0.05, 0) is 53.6 Å². The lowest BCUT2D eigenvalue weighted by atomic mass is 10.1. The number of para-hydroxylation sites is 1. The van der Waals surface area contributed by atoms with Crippen molar-refractivity contribution in [1.82, 2.24) is 10.3 Å². The van der Waals surface area contributed by atoms with Gasteiger partial charge in [0.1, 0.15) is 11.5 Å². The van der Waals surface area contributed by atoms with E-state index in [9.17, 15) is 4.79 Å². The summed E-state index contributed by atoms with van der Waals surface area (Å²) >= 11 is 6.04. The van der Waals surface area contributed by atoms with E-state index in [0.29, 0.717) is 22.2 Å². The van der Waals surface area contributed by atoms with Crippen molar-refractivity contribution in [1.29, 1.82) is 0 Å². The van der Waals surface area contributed by atoms with Crippen LogP contribution in [0, 0.1) is 0 Å². The number of benzene rings is 2. The van der Waals surface area contributed by atoms with Crippen LogP contribution in [-0.2, 0) is 4.79 Å². The Hall–Kier alpha value is -3.06. The molecular weight excluding hydrogens is 358 g/mol. The number of nitrogens with one attached hydrogen (secondary N) is 1. The highest BCUT2D eigenvalue weighted by Gasteiger charge is 2.21. The van der Waals surface area contributed by atoms with Crippen LogP contribution in [0.1, 0.15) is 6.92 Å². The molecule has 0 aliphatic rings. The molecule has 0 fully saturated rings. The van der Waals surface area contributed by atoms with Gasteiger partial charge in [0, 0.05) is 5.56 Å². The zero-order chi connectivity index (χ0) is 18.5. The lowest BCUT2D eigenvalue weighted by Gasteiger charge is -2.14. The zero-order valence-electron chi connectivity index (χ0n) is 14.1. The highest BCUT2D eigenvalue weighted by molar-refractivity contribution is 6.32. The molecule has 7 nitrogen and oxygen atoms in total. The van der Waals surface area contributed by atoms with Crippen molar-refractivity contribution >= 4 is 23.3 Å². The zero-order valence-corrected chi connectivity index (χ0v) is 14.9. The Morgan fingerprint density at radius 1 is 1.15 bits per heavy atom. The first-order chi connectivity index (χ1) is 12.6. The molecule has 3 aromatic rings. The summed E-state index contributed by atoms with van der Waals surface area (Å²) < 4.78 is 15.5. The van der Waals surface area contributed by atoms with Crippen LogP contribution in [0.25, 0.3) is 11.3 Å². The van der Waals surface area contributed by atoms with Gasteiger partial charge in [0.15, 0.2) is 11.8 Å². The number of anilines is 1. The maximum absolute atomic E-state index is 12.4. The number of methoxy groups -OCH3 is 1. The van der Waals surface area contributed by atoms with Gasteiger partial charge in [0.2, 0.25) is 5.82 Å². The van der Waals surface area contributed by atoms with Crippen molar-refractivity contribution in [2.24, 2.45) is 0 Å². The minimum Gasteiger partial charge on any atom is -0.497 e. The summed E-state index contributed by atoms with van der Waals surface area (Å²) in [5, 5.41) is 10.7. The Morgan fingerprint density at radius 2 is 1.88 bits per heavy atom. The average Bonchev–Trinajstić information content (AvgIpc) is 3.11. The summed E-state index contributed by atoms with van der Waals surface area (Å²) in [6, 6.07) is 14.1. The molecule has 134 valence electrons. The summed E-state index contributed by atoms with van der Waals surface area (Å²) in [7, 11) is 1.58. The number of halogens is 1. The van der Waals surface area contributed by atoms with E-state index in [0.717, 1.165) is 5.56 Å². The largest absolute Gasteiger partial charge is 0.497 e. The molecule has 3 rings (SSSR count). The molecule has 26 heavy (non-hydrogen) atoms. The van der Waals surface area contributed by atoms with Crippen LogP contribution in [0.5, 0.6) is 11.5 Å². The van der Waals surface area contributed by atoms with Crippen molar-refractivity contribution in [3.8, 4) is 22.8 Å². The number of hydrogen-bond acceptors (Lipinski definition) is 6. The van der Waals surface area contributed by atoms with Gasteiger partial charge in [-0.2, -0.15) is 0 Å². The van der Waals surface area contributed by atoms with E-state index in [1.54, 1.807) is 62.6 Å². The molecule has 8 heteroatoms. The molecule has 1 N–H and O–H groups in total. The number of rotatable bonds is 6. The van der Waals surface area contributed by atoms with Crippen LogP contribution in [0.2, 0.25) is 5.02 Å². The molecule has 1 heterocycles. The summed E-state index contributed by atoms with van der Waals surface area (Å²) in [5.41, 5.74) is 1.13. The fourth-order valence-corrected chi connectivity index (χ4v) is 2.39. The SMILES string of the molecule is COc1ccc(-c2nonc2NC(=O)[C@@H](C)Oc2ccccc2Cl)cc1. The molecule has 0 aliphatic carbocycles. The summed E-state index contributed by atoms with van der Waals surface area (Å²) in [4.78, 5) is 12.4. The predicted octanol–water partition coefficient (Wildman–Crippen LogP) is 3.80. The number of amides is 1. The molecule has 1 amide bonds. The maximum atomic E-state index is 12.4. The van der Waals surface area contributed by atoms with Gasteiger partial charge in [0.25, 0.3) is 5.91 Å². The van der Waals surface area contributed by atoms with Crippen LogP contribution in [0.15, 0.2) is 53.2 Å². The molecule has 0 saturated carbocycles. The van der Waals surface area contributed by atoms with E-state index in [-0.39, 0.29) is 5.82 Å². The van der Waals surface area contributed by atoms with E-state index in [4.69, 9.17) is 25.7 Å². The number of carbonyl (C=O) groups excluding carboxylic acids is 1. The fourth-order valence-electron chi connectivity index (χ4n) is 2.21. The first-order valence-electron chi connectivity index (χ1n) is 7.77. The van der Waals surface area contributed by atoms with Gasteiger partial charge in [-0.1, -0.05) is 23.7 Å². The first kappa shape index (κ1) is 17.8. The Kier molecular flexibility index (Phi) is 5.38. The third-order valence-corrected chi connectivity index (χ3v) is 3.92. The topological polar surface area (TPSA) is 86.5 Å². The standard InChI is InChI=1S/C18H16ClN3O4/c1-11(25-15-6-4-3-5-14(15)19)18(23)20-17-16(21-26-22-17)12-7-9-13(24-2)10-8-12/h3-11H,1-2H3,(H,20,22,23)/t11-/m1/s1. The second-order valence-electron chi connectivity index (χ2n) is 5.37. The molecule has 2 aromatic carbocycles. The lowest BCUT2D eigenvalue weighted by Crippen LogP contribution is -2.30. The molecule has 0 spiro atoms. The molecule has 0 radical (unpaired) electrons. The Morgan fingerprint density at radius 3 is 2.58 bits per heavy atom. The van der Waals surface area contributed by atoms with Gasteiger partial charge in [-0.15, -0.1) is 0 Å². The van der Waals surface area contributed by atoms with Crippen LogP contribution in [0.3, 0.4) is 0 Å². The Labute approximate surface area is 154 Å². The molecule has 1 aromatic heterocycles. The molecule has 0 saturated heterocycles. The molecule has 0 bridgehead atoms. The highest BCUT2D eigenvalue weighted by atomic mass is 35.5. The second kappa shape index (κ2) is 7.88. The van der Waals surface area contributed by atoms with Gasteiger partial charge in [-0.25, -0.2) is 4.63 Å². The Bertz CT molecular complexity index is 895. The van der Waals surface area contributed by atoms with Gasteiger partial charge >= 0.3 is 0 Å². The summed E-state index contributed by atoms with van der Waals surface area (Å²) in [5.74, 6) is 0.924. The molecule has 0 aliphatic heterocycles. The highest BCUT2D eigenvalue weighted by Crippen LogP contribution is 2.27. The van der Waals surface area contributed by atoms with E-state index in [2.05, 4.69) is 15.6 Å². The number of nitrogens with zero attached hydrogens (tertiary/aromatic N) is 2. The summed E-state index contributed by atoms with van der Waals surface area (Å²) in [6.45, 7) is 1.61. The smallest absolute Gasteiger partial charge is 0.266 e. The Balaban J connectivity index is 1.72. The monoisotopic (exact) mass is 373 g/mol. The predicted molar refractivity (Wildman–Crippen MR) is 96.5 cm³/mol. The van der Waals surface area contributed by atoms with Crippen molar-refractivity contribution in [3.63, 3.8) is 0 Å². The molecular formula is C18H16ClN3O4. The number of carbonyl (C=O) groups is 1. The second-order valence-corrected chi connectivity index (χ2v) is 5.78. The fraction of sp³-hybridized carbons (Fsp3) is 0.167. The van der Waals surface area contributed by atoms with Crippen molar-refractivity contribution in [2.75, 3.05) is 12.4 Å². The third kappa shape index (κ3) is 3.94. The van der Waals surface area contributed by atoms with Crippen LogP contribution in [-0.4, -0.2) is 29.4 Å². The van der Waals surface area contributed by atoms with E-state index >= 15 is 0 Å². The first-order valence-corrected chi connectivity index (χ1v) is 8.15. The van der Waals surface area contributed by atoms with E-state index in [1.165, 1.54) is 0 Å². The van der Waals surface area contributed by atoms with Crippen LogP contribution in [0.4, 0.5) is 5.82 Å². The van der Waals surface area contributed by atoms with Gasteiger partial charge in [-0.3, -0.25) is 4.79 Å². The minimum absolute atomic E-state index is 0.203. The van der Waals surface area contributed by atoms with Crippen molar-refractivity contribution in [3.05, 3.63) is 53.6 Å². The van der Waals surface area contributed by atoms with Crippen LogP contribution >= 0.6 is 11.6 Å². The number of hydrogen-bond donors (Lipinski definition) is 1. The maximum Gasteiger partial charge on any atom is 0.266 e. The van der Waals surface area contributed by atoms with Crippen molar-refractivity contribution < 1.29 is 18.9 Å². The minimum atomic E-state index is -0.796. The summed E-state index contributed by atoms with van der Waals surface area (Å²) in [6.07, 6.45) is -0.796. The molecule has 0 unspecified atom stereocenters. The van der Waals surface area contributed by atoms with E-state index in [1.807, 2.05) is 0 Å². The van der Waals surface area contributed by atoms with Crippen molar-refractivity contribution in [2.45, 2.75) is 13.0 Å². The quantitative estimate of drug-likeness (QED) is 0.707. The number of ether oxygens (including phenoxy) is 2. The normalized spacial score (nSPS) is 11.7. The van der Waals surface area contributed by atoms with Gasteiger partial charge in [0.05, 0.1) is 12.1 Å². The lowest BCUT2D eigenvalue weighted by molar-refractivity contribution is -0.122. The van der Waals surface area contributed by atoms with Gasteiger partial charge < -0.3 is 14.8 Å². The third-order valence-electron chi connectivity index (χ3n) is 3.60. The van der Waals surface area contributed by atoms with E-state index < -0.39 is 12.0 Å². The van der Waals surface area contributed by atoms with Crippen LogP contribution < -0.4 is 14.8 Å². The molecule has 1 atom stereocenters.